The van der Waals surface area contributed by atoms with Crippen LogP contribution >= 0.6 is 11.8 Å². The Morgan fingerprint density at radius 2 is 2.27 bits per heavy atom. The Labute approximate surface area is 92.2 Å². The van der Waals surface area contributed by atoms with E-state index in [0.717, 1.165) is 0 Å². The van der Waals surface area contributed by atoms with Gasteiger partial charge < -0.3 is 16.2 Å². The highest BCUT2D eigenvalue weighted by Crippen LogP contribution is 2.24. The zero-order valence-electron chi connectivity index (χ0n) is 8.61. The molecule has 0 radical (unpaired) electrons. The van der Waals surface area contributed by atoms with Crippen molar-refractivity contribution in [2.24, 2.45) is 0 Å². The second-order valence-electron chi connectivity index (χ2n) is 2.73. The lowest BCUT2D eigenvalue weighted by Gasteiger charge is -2.08. The smallest absolute Gasteiger partial charge is 0.344 e. The number of hydrogen-bond donors (Lipinski definition) is 2. The van der Waals surface area contributed by atoms with Gasteiger partial charge in [0.05, 0.1) is 12.3 Å². The molecule has 0 aliphatic heterocycles. The molecule has 6 heteroatoms. The van der Waals surface area contributed by atoms with Crippen molar-refractivity contribution < 1.29 is 9.53 Å². The van der Waals surface area contributed by atoms with Gasteiger partial charge in [-0.05, 0) is 19.2 Å². The van der Waals surface area contributed by atoms with Gasteiger partial charge in [0, 0.05) is 0 Å². The zero-order chi connectivity index (χ0) is 11.4. The molecule has 82 valence electrons. The fourth-order valence-electron chi connectivity index (χ4n) is 1.09. The molecule has 0 spiro atoms. The number of aromatic nitrogens is 1. The topological polar surface area (TPSA) is 91.2 Å². The maximum absolute atomic E-state index is 11.5. The van der Waals surface area contributed by atoms with Crippen molar-refractivity contribution in [3.63, 3.8) is 0 Å². The molecule has 0 aliphatic rings. The van der Waals surface area contributed by atoms with Crippen molar-refractivity contribution in [3.05, 3.63) is 11.6 Å². The van der Waals surface area contributed by atoms with Gasteiger partial charge in [-0.2, -0.15) is 0 Å². The lowest BCUT2D eigenvalue weighted by atomic mass is 10.2. The Kier molecular flexibility index (Phi) is 3.79. The van der Waals surface area contributed by atoms with Crippen molar-refractivity contribution in [2.45, 2.75) is 11.9 Å². The Morgan fingerprint density at radius 1 is 1.60 bits per heavy atom. The van der Waals surface area contributed by atoms with Crippen molar-refractivity contribution in [1.29, 1.82) is 0 Å². The van der Waals surface area contributed by atoms with E-state index in [2.05, 4.69) is 4.98 Å². The predicted molar refractivity (Wildman–Crippen MR) is 60.8 cm³/mol. The molecule has 0 unspecified atom stereocenters. The molecule has 0 fully saturated rings. The molecule has 1 rings (SSSR count). The molecule has 0 aromatic carbocycles. The van der Waals surface area contributed by atoms with Crippen molar-refractivity contribution in [1.82, 2.24) is 4.98 Å². The molecular formula is C9H13N3O2S. The lowest BCUT2D eigenvalue weighted by Crippen LogP contribution is -2.12. The SMILES string of the molecule is CCOC(=O)c1c(N)cc(SC)nc1N. The normalized spacial score (nSPS) is 10.0. The number of ether oxygens (including phenoxy) is 1. The number of pyridine rings is 1. The molecule has 0 amide bonds. The molecule has 15 heavy (non-hydrogen) atoms. The fraction of sp³-hybridized carbons (Fsp3) is 0.333. The number of thioether (sulfide) groups is 1. The number of nitrogens with two attached hydrogens (primary N) is 2. The van der Waals surface area contributed by atoms with E-state index in [4.69, 9.17) is 16.2 Å². The van der Waals surface area contributed by atoms with E-state index >= 15 is 0 Å². The van der Waals surface area contributed by atoms with Crippen LogP contribution in [-0.2, 0) is 4.74 Å². The Morgan fingerprint density at radius 3 is 2.73 bits per heavy atom. The van der Waals surface area contributed by atoms with E-state index in [-0.39, 0.29) is 18.0 Å². The predicted octanol–water partition coefficient (Wildman–Crippen LogP) is 1.14. The van der Waals surface area contributed by atoms with Crippen LogP contribution in [-0.4, -0.2) is 23.8 Å². The van der Waals surface area contributed by atoms with E-state index in [1.807, 2.05) is 6.26 Å². The minimum absolute atomic E-state index is 0.109. The van der Waals surface area contributed by atoms with Gasteiger partial charge in [-0.25, -0.2) is 9.78 Å². The first kappa shape index (κ1) is 11.6. The minimum atomic E-state index is -0.535. The van der Waals surface area contributed by atoms with Gasteiger partial charge >= 0.3 is 5.97 Å². The average Bonchev–Trinajstić information content (AvgIpc) is 2.16. The van der Waals surface area contributed by atoms with E-state index < -0.39 is 5.97 Å². The standard InChI is InChI=1S/C9H13N3O2S/c1-3-14-9(13)7-5(10)4-6(15-2)12-8(7)11/h4H,3H2,1-2H3,(H4,10,11,12). The third-order valence-corrected chi connectivity index (χ3v) is 2.37. The third kappa shape index (κ3) is 2.53. The number of anilines is 2. The monoisotopic (exact) mass is 227 g/mol. The number of nitrogen functional groups attached to an aromatic ring is 2. The highest BCUT2D eigenvalue weighted by molar-refractivity contribution is 7.98. The molecule has 0 bridgehead atoms. The van der Waals surface area contributed by atoms with Gasteiger partial charge in [0.25, 0.3) is 0 Å². The first-order valence-corrected chi connectivity index (χ1v) is 5.59. The third-order valence-electron chi connectivity index (χ3n) is 1.74. The maximum atomic E-state index is 11.5. The van der Waals surface area contributed by atoms with Gasteiger partial charge in [0.15, 0.2) is 0 Å². The van der Waals surface area contributed by atoms with Crippen LogP contribution in [0.4, 0.5) is 11.5 Å². The van der Waals surface area contributed by atoms with Crippen LogP contribution < -0.4 is 11.5 Å². The largest absolute Gasteiger partial charge is 0.462 e. The quantitative estimate of drug-likeness (QED) is 0.594. The van der Waals surface area contributed by atoms with Gasteiger partial charge in [0.1, 0.15) is 16.4 Å². The summed E-state index contributed by atoms with van der Waals surface area (Å²) in [4.78, 5) is 15.5. The van der Waals surface area contributed by atoms with Gasteiger partial charge in [-0.1, -0.05) is 0 Å². The number of carbonyl (C=O) groups excluding carboxylic acids is 1. The second-order valence-corrected chi connectivity index (χ2v) is 3.56. The molecule has 4 N–H and O–H groups in total. The molecule has 0 saturated heterocycles. The van der Waals surface area contributed by atoms with Crippen LogP contribution in [0.5, 0.6) is 0 Å². The molecular weight excluding hydrogens is 214 g/mol. The number of esters is 1. The zero-order valence-corrected chi connectivity index (χ0v) is 9.43. The molecule has 0 aliphatic carbocycles. The summed E-state index contributed by atoms with van der Waals surface area (Å²) in [5.74, 6) is -0.426. The molecule has 0 saturated carbocycles. The average molecular weight is 227 g/mol. The fourth-order valence-corrected chi connectivity index (χ4v) is 1.52. The van der Waals surface area contributed by atoms with Crippen molar-refractivity contribution >= 4 is 29.2 Å². The number of hydrogen-bond acceptors (Lipinski definition) is 6. The highest BCUT2D eigenvalue weighted by Gasteiger charge is 2.16. The van der Waals surface area contributed by atoms with Gasteiger partial charge in [0.2, 0.25) is 0 Å². The number of rotatable bonds is 3. The first-order valence-electron chi connectivity index (χ1n) is 4.37. The van der Waals surface area contributed by atoms with Crippen LogP contribution in [0.3, 0.4) is 0 Å². The maximum Gasteiger partial charge on any atom is 0.344 e. The number of nitrogens with zero attached hydrogens (tertiary/aromatic N) is 1. The van der Waals surface area contributed by atoms with Gasteiger partial charge in [-0.15, -0.1) is 11.8 Å². The van der Waals surface area contributed by atoms with Crippen LogP contribution in [0.2, 0.25) is 0 Å². The summed E-state index contributed by atoms with van der Waals surface area (Å²) in [7, 11) is 0. The Bertz CT molecular complexity index is 359. The summed E-state index contributed by atoms with van der Waals surface area (Å²) in [6.45, 7) is 2.00. The Hall–Kier alpha value is -1.43. The summed E-state index contributed by atoms with van der Waals surface area (Å²) in [6.07, 6.45) is 1.85. The van der Waals surface area contributed by atoms with E-state index in [0.29, 0.717) is 10.7 Å². The molecule has 1 aromatic heterocycles. The van der Waals surface area contributed by atoms with E-state index in [1.165, 1.54) is 11.8 Å². The molecule has 5 nitrogen and oxygen atoms in total. The minimum Gasteiger partial charge on any atom is -0.462 e. The van der Waals surface area contributed by atoms with Crippen molar-refractivity contribution in [3.8, 4) is 0 Å². The van der Waals surface area contributed by atoms with Crippen molar-refractivity contribution in [2.75, 3.05) is 24.3 Å². The molecule has 1 aromatic rings. The number of carbonyl (C=O) groups is 1. The van der Waals surface area contributed by atoms with Crippen LogP contribution in [0.25, 0.3) is 0 Å². The van der Waals surface area contributed by atoms with E-state index in [1.54, 1.807) is 13.0 Å². The van der Waals surface area contributed by atoms with E-state index in [9.17, 15) is 4.79 Å². The summed E-state index contributed by atoms with van der Waals surface area (Å²) < 4.78 is 4.82. The summed E-state index contributed by atoms with van der Waals surface area (Å²) in [5, 5.41) is 0.679. The van der Waals surface area contributed by atoms with Crippen LogP contribution in [0.1, 0.15) is 17.3 Å². The molecule has 0 atom stereocenters. The first-order chi connectivity index (χ1) is 7.10. The van der Waals surface area contributed by atoms with Crippen LogP contribution in [0.15, 0.2) is 11.1 Å². The molecule has 1 heterocycles. The van der Waals surface area contributed by atoms with Crippen LogP contribution in [0, 0.1) is 0 Å². The summed E-state index contributed by atoms with van der Waals surface area (Å²) in [6, 6.07) is 1.60. The highest BCUT2D eigenvalue weighted by atomic mass is 32.2. The second kappa shape index (κ2) is 4.88. The summed E-state index contributed by atoms with van der Waals surface area (Å²) >= 11 is 1.41. The van der Waals surface area contributed by atoms with Gasteiger partial charge in [-0.3, -0.25) is 0 Å². The summed E-state index contributed by atoms with van der Waals surface area (Å²) in [5.41, 5.74) is 11.8. The lowest BCUT2D eigenvalue weighted by molar-refractivity contribution is 0.0528. The Balaban J connectivity index is 3.13.